The molecule has 0 aliphatic heterocycles. The summed E-state index contributed by atoms with van der Waals surface area (Å²) in [7, 11) is 0. The third-order valence-electron chi connectivity index (χ3n) is 1.91. The van der Waals surface area contributed by atoms with E-state index in [9.17, 15) is 14.3 Å². The number of amides is 1. The van der Waals surface area contributed by atoms with Crippen molar-refractivity contribution in [2.45, 2.75) is 6.04 Å². The smallest absolute Gasteiger partial charge is 0.214 e. The van der Waals surface area contributed by atoms with Gasteiger partial charge in [0.1, 0.15) is 29.1 Å². The Balaban J connectivity index is 3.01. The number of halogens is 2. The van der Waals surface area contributed by atoms with Gasteiger partial charge in [0.2, 0.25) is 4.91 Å². The Labute approximate surface area is 104 Å². The highest BCUT2D eigenvalue weighted by Gasteiger charge is 2.14. The molecule has 0 bridgehead atoms. The number of carbonyl (C=O) groups excluding carboxylic acids is 1. The van der Waals surface area contributed by atoms with Crippen LogP contribution in [0, 0.1) is 11.3 Å². The van der Waals surface area contributed by atoms with E-state index < -0.39 is 18.0 Å². The summed E-state index contributed by atoms with van der Waals surface area (Å²) < 4.78 is 13.6. The fraction of sp³-hybridized carbons (Fsp3) is 0.222. The Morgan fingerprint density at radius 2 is 2.35 bits per heavy atom. The van der Waals surface area contributed by atoms with Crippen molar-refractivity contribution in [3.05, 3.63) is 34.1 Å². The summed E-state index contributed by atoms with van der Waals surface area (Å²) in [6.07, 6.45) is -1.50. The second kappa shape index (κ2) is 6.07. The lowest BCUT2D eigenvalue weighted by Crippen LogP contribution is -2.40. The summed E-state index contributed by atoms with van der Waals surface area (Å²) in [5.41, 5.74) is 6.88. The molecular weight excluding hydrogens is 295 g/mol. The van der Waals surface area contributed by atoms with Gasteiger partial charge in [-0.2, -0.15) is 0 Å². The molecule has 0 saturated carbocycles. The summed E-state index contributed by atoms with van der Waals surface area (Å²) in [4.78, 5) is 13.2. The van der Waals surface area contributed by atoms with Crippen molar-refractivity contribution in [2.24, 2.45) is 5.11 Å². The Bertz CT molecular complexity index is 452. The van der Waals surface area contributed by atoms with Crippen LogP contribution in [0.1, 0.15) is 11.6 Å². The molecule has 1 unspecified atom stereocenters. The third kappa shape index (κ3) is 4.29. The van der Waals surface area contributed by atoms with Crippen LogP contribution in [0.5, 0.6) is 0 Å². The van der Waals surface area contributed by atoms with Gasteiger partial charge in [0.25, 0.3) is 0 Å². The SMILES string of the molecule is N=[N+]=NCC(NC(=O)[O-])c1cc(F)cc(Br)c1. The normalized spacial score (nSPS) is 11.4. The number of rotatable bonds is 4. The maximum atomic E-state index is 13.1. The van der Waals surface area contributed by atoms with Gasteiger partial charge in [0.05, 0.1) is 6.04 Å². The van der Waals surface area contributed by atoms with Gasteiger partial charge in [0, 0.05) is 4.47 Å². The van der Waals surface area contributed by atoms with Crippen LogP contribution >= 0.6 is 15.9 Å². The molecule has 8 heteroatoms. The Morgan fingerprint density at radius 3 is 2.88 bits per heavy atom. The molecule has 1 atom stereocenters. The summed E-state index contributed by atoms with van der Waals surface area (Å²) in [5.74, 6) is -0.512. The topological polar surface area (TPSA) is 102 Å². The van der Waals surface area contributed by atoms with E-state index in [0.717, 1.165) is 0 Å². The minimum atomic E-state index is -1.50. The van der Waals surface area contributed by atoms with Crippen LogP contribution in [0.15, 0.2) is 27.8 Å². The summed E-state index contributed by atoms with van der Waals surface area (Å²) in [6.45, 7) is -0.104. The van der Waals surface area contributed by atoms with Crippen molar-refractivity contribution >= 4 is 22.0 Å². The van der Waals surface area contributed by atoms with Gasteiger partial charge in [-0.3, -0.25) is 0 Å². The van der Waals surface area contributed by atoms with Crippen molar-refractivity contribution < 1.29 is 14.3 Å². The van der Waals surface area contributed by atoms with Crippen molar-refractivity contribution in [2.75, 3.05) is 6.54 Å². The first-order valence-electron chi connectivity index (χ1n) is 4.49. The zero-order chi connectivity index (χ0) is 12.8. The second-order valence-corrected chi connectivity index (χ2v) is 4.03. The first-order valence-corrected chi connectivity index (χ1v) is 5.29. The van der Waals surface area contributed by atoms with E-state index >= 15 is 0 Å². The van der Waals surface area contributed by atoms with E-state index in [-0.39, 0.29) is 6.54 Å². The molecule has 6 nitrogen and oxygen atoms in total. The minimum Gasteiger partial charge on any atom is -0.530 e. The van der Waals surface area contributed by atoms with Gasteiger partial charge in [-0.1, -0.05) is 15.9 Å². The zero-order valence-corrected chi connectivity index (χ0v) is 10.1. The molecule has 17 heavy (non-hydrogen) atoms. The number of carboxylic acid groups (broad SMARTS) is 1. The molecule has 0 saturated heterocycles. The van der Waals surface area contributed by atoms with Gasteiger partial charge >= 0.3 is 0 Å². The van der Waals surface area contributed by atoms with E-state index in [1.54, 1.807) is 6.07 Å². The monoisotopic (exact) mass is 302 g/mol. The number of carbonyl (C=O) groups is 1. The summed E-state index contributed by atoms with van der Waals surface area (Å²) >= 11 is 3.09. The van der Waals surface area contributed by atoms with Crippen LogP contribution in [-0.2, 0) is 0 Å². The second-order valence-electron chi connectivity index (χ2n) is 3.11. The van der Waals surface area contributed by atoms with Crippen molar-refractivity contribution in [1.82, 2.24) is 10.2 Å². The van der Waals surface area contributed by atoms with Gasteiger partial charge in [-0.05, 0) is 23.8 Å². The standard InChI is InChI=1S/C9H8BrFN4O2/c10-6-1-5(2-7(11)3-6)8(4-13-15-12)14-9(16)17/h1-3,8,12,14H,4H2. The molecule has 2 N–H and O–H groups in total. The predicted octanol–water partition coefficient (Wildman–Crippen LogP) is 1.11. The largest absolute Gasteiger partial charge is 0.530 e. The highest BCUT2D eigenvalue weighted by atomic mass is 79.9. The quantitative estimate of drug-likeness (QED) is 0.643. The first kappa shape index (κ1) is 13.3. The molecule has 1 aromatic rings. The number of benzene rings is 1. The van der Waals surface area contributed by atoms with Crippen LogP contribution in [0.3, 0.4) is 0 Å². The average Bonchev–Trinajstić information content (AvgIpc) is 2.22. The maximum Gasteiger partial charge on any atom is 0.214 e. The molecule has 1 rings (SSSR count). The molecule has 0 spiro atoms. The fourth-order valence-corrected chi connectivity index (χ4v) is 1.76. The molecule has 0 aliphatic rings. The van der Waals surface area contributed by atoms with Crippen LogP contribution < -0.4 is 15.3 Å². The fourth-order valence-electron chi connectivity index (χ4n) is 1.28. The lowest BCUT2D eigenvalue weighted by atomic mass is 10.1. The summed E-state index contributed by atoms with van der Waals surface area (Å²) in [6, 6.07) is 3.15. The molecule has 1 aromatic carbocycles. The highest BCUT2D eigenvalue weighted by molar-refractivity contribution is 9.10. The van der Waals surface area contributed by atoms with Crippen LogP contribution in [0.4, 0.5) is 9.18 Å². The van der Waals surface area contributed by atoms with E-state index in [1.165, 1.54) is 12.1 Å². The highest BCUT2D eigenvalue weighted by Crippen LogP contribution is 2.20. The molecule has 0 heterocycles. The Kier molecular flexibility index (Phi) is 4.74. The van der Waals surface area contributed by atoms with Gasteiger partial charge in [-0.25, -0.2) is 4.39 Å². The summed E-state index contributed by atoms with van der Waals surface area (Å²) in [5, 5.41) is 15.9. The number of hydrogen-bond acceptors (Lipinski definition) is 4. The third-order valence-corrected chi connectivity index (χ3v) is 2.37. The van der Waals surface area contributed by atoms with Crippen molar-refractivity contribution in [3.63, 3.8) is 0 Å². The maximum absolute atomic E-state index is 13.1. The van der Waals surface area contributed by atoms with E-state index in [0.29, 0.717) is 10.0 Å². The molecule has 0 aromatic heterocycles. The van der Waals surface area contributed by atoms with Crippen LogP contribution in [-0.4, -0.2) is 12.6 Å². The van der Waals surface area contributed by atoms with Gasteiger partial charge in [0.15, 0.2) is 0 Å². The molecule has 90 valence electrons. The molecular formula is C9H8BrFN4O2. The zero-order valence-electron chi connectivity index (χ0n) is 8.48. The lowest BCUT2D eigenvalue weighted by Gasteiger charge is -2.17. The molecule has 1 amide bonds. The minimum absolute atomic E-state index is 0.104. The molecule has 0 radical (unpaired) electrons. The Hall–Kier alpha value is -1.79. The van der Waals surface area contributed by atoms with Crippen LogP contribution in [0.2, 0.25) is 0 Å². The van der Waals surface area contributed by atoms with Crippen molar-refractivity contribution in [1.29, 1.82) is 5.53 Å². The van der Waals surface area contributed by atoms with E-state index in [4.69, 9.17) is 5.53 Å². The number of hydrogen-bond donors (Lipinski definition) is 2. The molecule has 0 aliphatic carbocycles. The van der Waals surface area contributed by atoms with E-state index in [2.05, 4.69) is 31.3 Å². The predicted molar refractivity (Wildman–Crippen MR) is 57.5 cm³/mol. The van der Waals surface area contributed by atoms with E-state index in [1.807, 2.05) is 0 Å². The van der Waals surface area contributed by atoms with Crippen LogP contribution in [0.25, 0.3) is 0 Å². The Morgan fingerprint density at radius 1 is 1.65 bits per heavy atom. The lowest BCUT2D eigenvalue weighted by molar-refractivity contribution is -0.251. The average molecular weight is 303 g/mol. The van der Waals surface area contributed by atoms with Crippen molar-refractivity contribution in [3.8, 4) is 0 Å². The van der Waals surface area contributed by atoms with Gasteiger partial charge in [-0.15, -0.1) is 0 Å². The number of nitrogens with one attached hydrogen (secondary N) is 2. The number of nitrogens with zero attached hydrogens (tertiary/aromatic N) is 2. The van der Waals surface area contributed by atoms with Gasteiger partial charge < -0.3 is 15.2 Å². The molecule has 0 fully saturated rings. The first-order chi connectivity index (χ1) is 8.02.